The molecule has 120 valence electrons. The van der Waals surface area contributed by atoms with Crippen molar-refractivity contribution in [3.05, 3.63) is 71.8 Å². The lowest BCUT2D eigenvalue weighted by Gasteiger charge is -2.14. The molecule has 2 rings (SSSR count). The van der Waals surface area contributed by atoms with E-state index in [4.69, 9.17) is 4.74 Å². The summed E-state index contributed by atoms with van der Waals surface area (Å²) in [5, 5.41) is 10.1. The van der Waals surface area contributed by atoms with Crippen LogP contribution in [0.5, 0.6) is 0 Å². The number of carbonyl (C=O) groups is 2. The molecule has 4 nitrogen and oxygen atoms in total. The van der Waals surface area contributed by atoms with E-state index in [1.165, 1.54) is 6.92 Å². The van der Waals surface area contributed by atoms with Gasteiger partial charge in [-0.15, -0.1) is 0 Å². The van der Waals surface area contributed by atoms with Gasteiger partial charge in [0.15, 0.2) is 0 Å². The minimum atomic E-state index is -0.909. The van der Waals surface area contributed by atoms with Gasteiger partial charge in [0.1, 0.15) is 18.3 Å². The smallest absolute Gasteiger partial charge is 0.316 e. The minimum Gasteiger partial charge on any atom is -0.460 e. The monoisotopic (exact) mass is 312 g/mol. The number of esters is 1. The molecule has 0 aliphatic carbocycles. The number of carbonyl (C=O) groups excluding carboxylic acids is 2. The summed E-state index contributed by atoms with van der Waals surface area (Å²) in [6.07, 6.45) is -1.01. The summed E-state index contributed by atoms with van der Waals surface area (Å²) in [5.74, 6) is -1.80. The van der Waals surface area contributed by atoms with E-state index in [0.717, 1.165) is 5.56 Å². The molecule has 0 spiro atoms. The van der Waals surface area contributed by atoms with Gasteiger partial charge in [0.25, 0.3) is 0 Å². The average Bonchev–Trinajstić information content (AvgIpc) is 2.60. The Morgan fingerprint density at radius 3 is 2.17 bits per heavy atom. The zero-order chi connectivity index (χ0) is 16.7. The lowest BCUT2D eigenvalue weighted by atomic mass is 9.97. The number of Topliss-reactive ketones (excluding diaryl/α,β-unsaturated/α-hetero) is 1. The number of benzene rings is 2. The number of rotatable bonds is 7. The van der Waals surface area contributed by atoms with Gasteiger partial charge < -0.3 is 9.84 Å². The predicted molar refractivity (Wildman–Crippen MR) is 86.4 cm³/mol. The molecule has 2 unspecified atom stereocenters. The number of ketones is 1. The second-order valence-corrected chi connectivity index (χ2v) is 5.41. The van der Waals surface area contributed by atoms with Crippen molar-refractivity contribution in [1.82, 2.24) is 0 Å². The van der Waals surface area contributed by atoms with Crippen molar-refractivity contribution in [2.75, 3.05) is 0 Å². The molecular weight excluding hydrogens is 292 g/mol. The molecule has 23 heavy (non-hydrogen) atoms. The van der Waals surface area contributed by atoms with Crippen LogP contribution in [0.1, 0.15) is 30.6 Å². The van der Waals surface area contributed by atoms with E-state index in [0.29, 0.717) is 5.56 Å². The molecule has 2 aromatic rings. The Bertz CT molecular complexity index is 637. The maximum Gasteiger partial charge on any atom is 0.316 e. The van der Waals surface area contributed by atoms with Crippen LogP contribution < -0.4 is 0 Å². The standard InChI is InChI=1S/C19H20O4/c1-14(19(22)23-13-15-8-4-2-5-9-15)17(20)12-18(21)16-10-6-3-7-11-16/h2-11,14,18,21H,12-13H2,1H3. The van der Waals surface area contributed by atoms with Gasteiger partial charge in [-0.2, -0.15) is 0 Å². The highest BCUT2D eigenvalue weighted by atomic mass is 16.5. The van der Waals surface area contributed by atoms with Gasteiger partial charge in [-0.3, -0.25) is 9.59 Å². The minimum absolute atomic E-state index is 0.106. The molecule has 1 N–H and O–H groups in total. The van der Waals surface area contributed by atoms with Gasteiger partial charge >= 0.3 is 5.97 Å². The van der Waals surface area contributed by atoms with Crippen LogP contribution in [-0.4, -0.2) is 16.9 Å². The van der Waals surface area contributed by atoms with Gasteiger partial charge in [-0.1, -0.05) is 60.7 Å². The predicted octanol–water partition coefficient (Wildman–Crippen LogP) is 3.06. The first-order valence-corrected chi connectivity index (χ1v) is 7.54. The van der Waals surface area contributed by atoms with E-state index < -0.39 is 18.0 Å². The number of aliphatic hydroxyl groups excluding tert-OH is 1. The molecule has 0 aromatic heterocycles. The summed E-state index contributed by atoms with van der Waals surface area (Å²) in [5.41, 5.74) is 1.52. The van der Waals surface area contributed by atoms with Crippen molar-refractivity contribution in [3.8, 4) is 0 Å². The Hall–Kier alpha value is -2.46. The topological polar surface area (TPSA) is 63.6 Å². The zero-order valence-corrected chi connectivity index (χ0v) is 13.0. The zero-order valence-electron chi connectivity index (χ0n) is 13.0. The van der Waals surface area contributed by atoms with Crippen LogP contribution >= 0.6 is 0 Å². The van der Waals surface area contributed by atoms with Gasteiger partial charge in [-0.25, -0.2) is 0 Å². The van der Waals surface area contributed by atoms with Gasteiger partial charge in [0.2, 0.25) is 0 Å². The van der Waals surface area contributed by atoms with Crippen molar-refractivity contribution in [2.24, 2.45) is 5.92 Å². The van der Waals surface area contributed by atoms with E-state index in [1.807, 2.05) is 36.4 Å². The Morgan fingerprint density at radius 1 is 1.00 bits per heavy atom. The molecule has 0 saturated heterocycles. The first-order valence-electron chi connectivity index (χ1n) is 7.54. The van der Waals surface area contributed by atoms with Crippen molar-refractivity contribution < 1.29 is 19.4 Å². The number of ether oxygens (including phenoxy) is 1. The highest BCUT2D eigenvalue weighted by Gasteiger charge is 2.25. The Kier molecular flexibility index (Phi) is 6.06. The summed E-state index contributed by atoms with van der Waals surface area (Å²) in [6, 6.07) is 18.2. The molecule has 0 aliphatic heterocycles. The van der Waals surface area contributed by atoms with E-state index in [9.17, 15) is 14.7 Å². The summed E-state index contributed by atoms with van der Waals surface area (Å²) >= 11 is 0. The van der Waals surface area contributed by atoms with Crippen molar-refractivity contribution in [2.45, 2.75) is 26.1 Å². The lowest BCUT2D eigenvalue weighted by Crippen LogP contribution is -2.24. The second-order valence-electron chi connectivity index (χ2n) is 5.41. The fraction of sp³-hybridized carbons (Fsp3) is 0.263. The number of hydrogen-bond donors (Lipinski definition) is 1. The highest BCUT2D eigenvalue weighted by molar-refractivity contribution is 5.98. The molecular formula is C19H20O4. The molecule has 4 heteroatoms. The summed E-state index contributed by atoms with van der Waals surface area (Å²) in [4.78, 5) is 24.1. The van der Waals surface area contributed by atoms with Crippen LogP contribution in [0.4, 0.5) is 0 Å². The van der Waals surface area contributed by atoms with Crippen LogP contribution in [0.15, 0.2) is 60.7 Å². The van der Waals surface area contributed by atoms with E-state index >= 15 is 0 Å². The Labute approximate surface area is 135 Å². The Morgan fingerprint density at radius 2 is 1.57 bits per heavy atom. The van der Waals surface area contributed by atoms with E-state index in [1.54, 1.807) is 24.3 Å². The second kappa shape index (κ2) is 8.25. The molecule has 0 amide bonds. The number of aliphatic hydroxyl groups is 1. The maximum absolute atomic E-state index is 12.1. The summed E-state index contributed by atoms with van der Waals surface area (Å²) in [7, 11) is 0. The molecule has 0 bridgehead atoms. The summed E-state index contributed by atoms with van der Waals surface area (Å²) < 4.78 is 5.16. The van der Waals surface area contributed by atoms with Crippen molar-refractivity contribution in [3.63, 3.8) is 0 Å². The van der Waals surface area contributed by atoms with Crippen LogP contribution in [0.2, 0.25) is 0 Å². The maximum atomic E-state index is 12.1. The fourth-order valence-electron chi connectivity index (χ4n) is 2.15. The third kappa shape index (κ3) is 5.04. The van der Waals surface area contributed by atoms with Crippen molar-refractivity contribution >= 4 is 11.8 Å². The lowest BCUT2D eigenvalue weighted by molar-refractivity contribution is -0.152. The Balaban J connectivity index is 1.85. The third-order valence-electron chi connectivity index (χ3n) is 3.64. The quantitative estimate of drug-likeness (QED) is 0.630. The van der Waals surface area contributed by atoms with Crippen LogP contribution in [-0.2, 0) is 20.9 Å². The first kappa shape index (κ1) is 16.9. The van der Waals surface area contributed by atoms with Gasteiger partial charge in [0, 0.05) is 6.42 Å². The average molecular weight is 312 g/mol. The van der Waals surface area contributed by atoms with Crippen molar-refractivity contribution in [1.29, 1.82) is 0 Å². The van der Waals surface area contributed by atoms with Crippen LogP contribution in [0.3, 0.4) is 0 Å². The van der Waals surface area contributed by atoms with E-state index in [-0.39, 0.29) is 18.8 Å². The molecule has 0 radical (unpaired) electrons. The molecule has 0 fully saturated rings. The van der Waals surface area contributed by atoms with Crippen LogP contribution in [0.25, 0.3) is 0 Å². The fourth-order valence-corrected chi connectivity index (χ4v) is 2.15. The summed E-state index contributed by atoms with van der Waals surface area (Å²) in [6.45, 7) is 1.64. The van der Waals surface area contributed by atoms with E-state index in [2.05, 4.69) is 0 Å². The first-order chi connectivity index (χ1) is 11.1. The highest BCUT2D eigenvalue weighted by Crippen LogP contribution is 2.19. The van der Waals surface area contributed by atoms with Gasteiger partial charge in [0.05, 0.1) is 6.10 Å². The molecule has 0 saturated carbocycles. The number of hydrogen-bond acceptors (Lipinski definition) is 4. The van der Waals surface area contributed by atoms with Crippen LogP contribution in [0, 0.1) is 5.92 Å². The molecule has 2 aromatic carbocycles. The normalized spacial score (nSPS) is 13.1. The van der Waals surface area contributed by atoms with Gasteiger partial charge in [-0.05, 0) is 18.1 Å². The molecule has 2 atom stereocenters. The molecule has 0 aliphatic rings. The largest absolute Gasteiger partial charge is 0.460 e. The SMILES string of the molecule is CC(C(=O)CC(O)c1ccccc1)C(=O)OCc1ccccc1. The molecule has 0 heterocycles. The third-order valence-corrected chi connectivity index (χ3v) is 3.64.